The molecule has 0 unspecified atom stereocenters. The van der Waals surface area contributed by atoms with Crippen LogP contribution in [0.4, 0.5) is 0 Å². The third kappa shape index (κ3) is 6.55. The lowest BCUT2D eigenvalue weighted by Gasteiger charge is -2.14. The van der Waals surface area contributed by atoms with Crippen molar-refractivity contribution in [3.63, 3.8) is 0 Å². The third-order valence-corrected chi connectivity index (χ3v) is 3.20. The van der Waals surface area contributed by atoms with E-state index in [0.29, 0.717) is 23.1 Å². The van der Waals surface area contributed by atoms with Crippen LogP contribution in [0, 0.1) is 0 Å². The van der Waals surface area contributed by atoms with Crippen LogP contribution < -0.4 is 14.8 Å². The second kappa shape index (κ2) is 10.7. The van der Waals surface area contributed by atoms with Gasteiger partial charge < -0.3 is 19.5 Å². The van der Waals surface area contributed by atoms with Gasteiger partial charge >= 0.3 is 0 Å². The van der Waals surface area contributed by atoms with Gasteiger partial charge in [-0.05, 0) is 44.0 Å². The summed E-state index contributed by atoms with van der Waals surface area (Å²) in [6.07, 6.45) is 1.93. The Balaban J connectivity index is 2.53. The van der Waals surface area contributed by atoms with Crippen LogP contribution >= 0.6 is 11.6 Å². The van der Waals surface area contributed by atoms with Gasteiger partial charge in [0.2, 0.25) is 0 Å². The summed E-state index contributed by atoms with van der Waals surface area (Å²) in [4.78, 5) is 0. The molecule has 0 aliphatic rings. The summed E-state index contributed by atoms with van der Waals surface area (Å²) < 4.78 is 16.3. The molecule has 0 saturated heterocycles. The molecular weight excluding hydrogens is 290 g/mol. The maximum atomic E-state index is 6.28. The number of benzene rings is 1. The van der Waals surface area contributed by atoms with Crippen molar-refractivity contribution in [2.24, 2.45) is 0 Å². The van der Waals surface area contributed by atoms with Gasteiger partial charge in [-0.25, -0.2) is 0 Å². The zero-order chi connectivity index (χ0) is 15.5. The minimum absolute atomic E-state index is 0.592. The molecule has 1 aromatic carbocycles. The zero-order valence-corrected chi connectivity index (χ0v) is 14.0. The van der Waals surface area contributed by atoms with Gasteiger partial charge in [-0.1, -0.05) is 18.5 Å². The molecule has 1 aromatic rings. The molecule has 0 radical (unpaired) electrons. The maximum Gasteiger partial charge on any atom is 0.179 e. The molecule has 0 fully saturated rings. The molecule has 4 nitrogen and oxygen atoms in total. The van der Waals surface area contributed by atoms with E-state index in [-0.39, 0.29) is 0 Å². The lowest BCUT2D eigenvalue weighted by molar-refractivity contribution is 0.144. The number of ether oxygens (including phenoxy) is 3. The molecule has 1 N–H and O–H groups in total. The van der Waals surface area contributed by atoms with Crippen molar-refractivity contribution in [1.82, 2.24) is 5.32 Å². The molecule has 0 atom stereocenters. The van der Waals surface area contributed by atoms with Gasteiger partial charge in [0.1, 0.15) is 0 Å². The molecule has 5 heteroatoms. The molecular formula is C16H26ClNO3. The minimum Gasteiger partial charge on any atom is -0.493 e. The molecule has 0 amide bonds. The second-order valence-electron chi connectivity index (χ2n) is 4.68. The molecule has 0 heterocycles. The van der Waals surface area contributed by atoms with Gasteiger partial charge in [-0.3, -0.25) is 0 Å². The number of halogens is 1. The Morgan fingerprint density at radius 2 is 2.00 bits per heavy atom. The average molecular weight is 316 g/mol. The highest BCUT2D eigenvalue weighted by atomic mass is 35.5. The van der Waals surface area contributed by atoms with Crippen LogP contribution in [-0.2, 0) is 11.3 Å². The number of methoxy groups -OCH3 is 1. The molecule has 0 aromatic heterocycles. The normalized spacial score (nSPS) is 10.7. The lowest BCUT2D eigenvalue weighted by Crippen LogP contribution is -2.16. The van der Waals surface area contributed by atoms with E-state index >= 15 is 0 Å². The van der Waals surface area contributed by atoms with Crippen molar-refractivity contribution in [3.05, 3.63) is 22.7 Å². The fraction of sp³-hybridized carbons (Fsp3) is 0.625. The predicted octanol–water partition coefficient (Wildman–Crippen LogP) is 3.65. The zero-order valence-electron chi connectivity index (χ0n) is 13.2. The Morgan fingerprint density at radius 1 is 1.19 bits per heavy atom. The van der Waals surface area contributed by atoms with E-state index in [9.17, 15) is 0 Å². The first-order chi connectivity index (χ1) is 10.2. The number of hydrogen-bond acceptors (Lipinski definition) is 4. The monoisotopic (exact) mass is 315 g/mol. The number of hydrogen-bond donors (Lipinski definition) is 1. The first-order valence-corrected chi connectivity index (χ1v) is 7.88. The summed E-state index contributed by atoms with van der Waals surface area (Å²) in [5, 5.41) is 3.96. The number of rotatable bonds is 11. The topological polar surface area (TPSA) is 39.7 Å². The van der Waals surface area contributed by atoms with Crippen molar-refractivity contribution >= 4 is 11.6 Å². The van der Waals surface area contributed by atoms with Crippen molar-refractivity contribution in [2.45, 2.75) is 33.2 Å². The van der Waals surface area contributed by atoms with Gasteiger partial charge in [0.15, 0.2) is 11.5 Å². The quantitative estimate of drug-likeness (QED) is 0.633. The van der Waals surface area contributed by atoms with Crippen LogP contribution in [-0.4, -0.2) is 33.5 Å². The summed E-state index contributed by atoms with van der Waals surface area (Å²) in [6, 6.07) is 3.89. The van der Waals surface area contributed by atoms with E-state index in [4.69, 9.17) is 25.8 Å². The highest BCUT2D eigenvalue weighted by Crippen LogP contribution is 2.36. The van der Waals surface area contributed by atoms with Crippen molar-refractivity contribution in [3.8, 4) is 11.5 Å². The average Bonchev–Trinajstić information content (AvgIpc) is 2.49. The molecule has 120 valence electrons. The first-order valence-electron chi connectivity index (χ1n) is 7.50. The summed E-state index contributed by atoms with van der Waals surface area (Å²) in [5.41, 5.74) is 1.08. The highest BCUT2D eigenvalue weighted by Gasteiger charge is 2.11. The van der Waals surface area contributed by atoms with Gasteiger partial charge in [0.25, 0.3) is 0 Å². The molecule has 0 aliphatic carbocycles. The molecule has 0 aliphatic heterocycles. The largest absolute Gasteiger partial charge is 0.493 e. The lowest BCUT2D eigenvalue weighted by atomic mass is 10.2. The Bertz CT molecular complexity index is 413. The van der Waals surface area contributed by atoms with E-state index in [1.165, 1.54) is 0 Å². The van der Waals surface area contributed by atoms with Crippen molar-refractivity contribution in [1.29, 1.82) is 0 Å². The smallest absolute Gasteiger partial charge is 0.179 e. The fourth-order valence-electron chi connectivity index (χ4n) is 1.90. The molecule has 21 heavy (non-hydrogen) atoms. The molecule has 0 bridgehead atoms. The summed E-state index contributed by atoms with van der Waals surface area (Å²) in [6.45, 7) is 7.91. The number of nitrogens with one attached hydrogen (secondary N) is 1. The fourth-order valence-corrected chi connectivity index (χ4v) is 2.18. The Kier molecular flexibility index (Phi) is 9.22. The van der Waals surface area contributed by atoms with Crippen molar-refractivity contribution in [2.75, 3.05) is 33.5 Å². The maximum absolute atomic E-state index is 6.28. The van der Waals surface area contributed by atoms with Gasteiger partial charge in [0.05, 0.1) is 18.7 Å². The predicted molar refractivity (Wildman–Crippen MR) is 86.6 cm³/mol. The third-order valence-electron chi connectivity index (χ3n) is 2.92. The first kappa shape index (κ1) is 18.1. The van der Waals surface area contributed by atoms with Crippen LogP contribution in [0.25, 0.3) is 0 Å². The Hall–Kier alpha value is -0.970. The van der Waals surface area contributed by atoms with E-state index in [1.807, 2.05) is 19.1 Å². The Morgan fingerprint density at radius 3 is 2.67 bits per heavy atom. The minimum atomic E-state index is 0.592. The highest BCUT2D eigenvalue weighted by molar-refractivity contribution is 6.32. The van der Waals surface area contributed by atoms with Gasteiger partial charge in [-0.15, -0.1) is 0 Å². The van der Waals surface area contributed by atoms with E-state index < -0.39 is 0 Å². The Labute approximate surface area is 132 Å². The van der Waals surface area contributed by atoms with E-state index in [0.717, 1.165) is 44.7 Å². The standard InChI is InChI=1S/C16H26ClNO3/c1-4-8-21-16-14(17)10-13(11-15(16)19-3)12-18-7-6-9-20-5-2/h10-11,18H,4-9,12H2,1-3H3. The van der Waals surface area contributed by atoms with Crippen LogP contribution in [0.1, 0.15) is 32.3 Å². The molecule has 0 spiro atoms. The van der Waals surface area contributed by atoms with Crippen LogP contribution in [0.3, 0.4) is 0 Å². The van der Waals surface area contributed by atoms with E-state index in [2.05, 4.69) is 12.2 Å². The summed E-state index contributed by atoms with van der Waals surface area (Å²) in [7, 11) is 1.63. The van der Waals surface area contributed by atoms with Crippen LogP contribution in [0.5, 0.6) is 11.5 Å². The second-order valence-corrected chi connectivity index (χ2v) is 5.09. The molecule has 1 rings (SSSR count). The summed E-state index contributed by atoms with van der Waals surface area (Å²) >= 11 is 6.28. The SMILES string of the molecule is CCCOc1c(Cl)cc(CNCCCOCC)cc1OC. The summed E-state index contributed by atoms with van der Waals surface area (Å²) in [5.74, 6) is 1.31. The van der Waals surface area contributed by atoms with Crippen LogP contribution in [0.2, 0.25) is 5.02 Å². The van der Waals surface area contributed by atoms with Crippen LogP contribution in [0.15, 0.2) is 12.1 Å². The van der Waals surface area contributed by atoms with Gasteiger partial charge in [0, 0.05) is 19.8 Å². The van der Waals surface area contributed by atoms with Crippen molar-refractivity contribution < 1.29 is 14.2 Å². The van der Waals surface area contributed by atoms with E-state index in [1.54, 1.807) is 7.11 Å². The van der Waals surface area contributed by atoms with Gasteiger partial charge in [-0.2, -0.15) is 0 Å². The molecule has 0 saturated carbocycles.